The van der Waals surface area contributed by atoms with E-state index in [4.69, 9.17) is 0 Å². The van der Waals surface area contributed by atoms with Gasteiger partial charge in [0.25, 0.3) is 0 Å². The van der Waals surface area contributed by atoms with E-state index in [2.05, 4.69) is 0 Å². The summed E-state index contributed by atoms with van der Waals surface area (Å²) < 4.78 is 27.1. The van der Waals surface area contributed by atoms with E-state index in [1.165, 1.54) is 4.31 Å². The summed E-state index contributed by atoms with van der Waals surface area (Å²) in [5.41, 5.74) is 2.12. The standard InChI is InChI=1S/C21H26N2O3S/c1-17-8-10-20(11-9-17)27(25,26)23-14-12-19(13-15-23)21(24)22(2)16-18-6-4-3-5-7-18/h3-11,19H,12-16H2,1-2H3. The van der Waals surface area contributed by atoms with Crippen molar-refractivity contribution in [2.75, 3.05) is 20.1 Å². The maximum atomic E-state index is 12.8. The first-order valence-electron chi connectivity index (χ1n) is 9.23. The van der Waals surface area contributed by atoms with Crippen LogP contribution in [0.4, 0.5) is 0 Å². The molecule has 1 amide bonds. The average molecular weight is 387 g/mol. The van der Waals surface area contributed by atoms with E-state index in [9.17, 15) is 13.2 Å². The zero-order chi connectivity index (χ0) is 19.4. The number of aryl methyl sites for hydroxylation is 1. The largest absolute Gasteiger partial charge is 0.341 e. The molecule has 1 fully saturated rings. The smallest absolute Gasteiger partial charge is 0.243 e. The van der Waals surface area contributed by atoms with E-state index in [-0.39, 0.29) is 11.8 Å². The maximum Gasteiger partial charge on any atom is 0.243 e. The molecule has 2 aromatic carbocycles. The number of sulfonamides is 1. The number of benzene rings is 2. The molecule has 0 aliphatic carbocycles. The molecule has 6 heteroatoms. The molecule has 1 aliphatic rings. The van der Waals surface area contributed by atoms with Gasteiger partial charge in [-0.1, -0.05) is 48.0 Å². The highest BCUT2D eigenvalue weighted by atomic mass is 32.2. The average Bonchev–Trinajstić information content (AvgIpc) is 2.68. The highest BCUT2D eigenvalue weighted by Crippen LogP contribution is 2.25. The predicted octanol–water partition coefficient (Wildman–Crippen LogP) is 3.05. The minimum absolute atomic E-state index is 0.0891. The lowest BCUT2D eigenvalue weighted by atomic mass is 9.96. The van der Waals surface area contributed by atoms with Crippen molar-refractivity contribution in [2.45, 2.75) is 31.2 Å². The predicted molar refractivity (Wildman–Crippen MR) is 106 cm³/mol. The monoisotopic (exact) mass is 386 g/mol. The molecule has 0 radical (unpaired) electrons. The van der Waals surface area contributed by atoms with Gasteiger partial charge in [-0.2, -0.15) is 4.31 Å². The lowest BCUT2D eigenvalue weighted by molar-refractivity contribution is -0.135. The van der Waals surface area contributed by atoms with Crippen LogP contribution in [0.2, 0.25) is 0 Å². The summed E-state index contributed by atoms with van der Waals surface area (Å²) in [6, 6.07) is 16.8. The van der Waals surface area contributed by atoms with Crippen molar-refractivity contribution in [3.63, 3.8) is 0 Å². The molecule has 5 nitrogen and oxygen atoms in total. The fourth-order valence-electron chi connectivity index (χ4n) is 3.45. The van der Waals surface area contributed by atoms with Gasteiger partial charge in [0.1, 0.15) is 0 Å². The topological polar surface area (TPSA) is 57.7 Å². The van der Waals surface area contributed by atoms with Crippen LogP contribution < -0.4 is 0 Å². The second-order valence-electron chi connectivity index (χ2n) is 7.17. The van der Waals surface area contributed by atoms with Crippen molar-refractivity contribution >= 4 is 15.9 Å². The first-order valence-corrected chi connectivity index (χ1v) is 10.7. The van der Waals surface area contributed by atoms with Crippen LogP contribution in [0, 0.1) is 12.8 Å². The minimum Gasteiger partial charge on any atom is -0.341 e. The number of carbonyl (C=O) groups is 1. The molecule has 0 unspecified atom stereocenters. The van der Waals surface area contributed by atoms with Crippen molar-refractivity contribution in [2.24, 2.45) is 5.92 Å². The van der Waals surface area contributed by atoms with Gasteiger partial charge in [-0.05, 0) is 37.5 Å². The molecule has 1 aliphatic heterocycles. The van der Waals surface area contributed by atoms with Gasteiger partial charge in [0, 0.05) is 32.6 Å². The second kappa shape index (κ2) is 8.23. The Morgan fingerprint density at radius 1 is 1.04 bits per heavy atom. The molecule has 0 N–H and O–H groups in total. The summed E-state index contributed by atoms with van der Waals surface area (Å²) in [6.45, 7) is 3.26. The number of nitrogens with zero attached hydrogens (tertiary/aromatic N) is 2. The van der Waals surface area contributed by atoms with Gasteiger partial charge in [-0.25, -0.2) is 8.42 Å². The number of hydrogen-bond donors (Lipinski definition) is 0. The molecule has 2 aromatic rings. The Hall–Kier alpha value is -2.18. The third kappa shape index (κ3) is 4.57. The third-order valence-corrected chi connectivity index (χ3v) is 7.01. The lowest BCUT2D eigenvalue weighted by Crippen LogP contribution is -2.43. The number of hydrogen-bond acceptors (Lipinski definition) is 3. The Balaban J connectivity index is 1.59. The van der Waals surface area contributed by atoms with Gasteiger partial charge in [0.2, 0.25) is 15.9 Å². The highest BCUT2D eigenvalue weighted by molar-refractivity contribution is 7.89. The van der Waals surface area contributed by atoms with Crippen molar-refractivity contribution < 1.29 is 13.2 Å². The van der Waals surface area contributed by atoms with E-state index < -0.39 is 10.0 Å². The summed E-state index contributed by atoms with van der Waals surface area (Å²) in [6.07, 6.45) is 1.12. The lowest BCUT2D eigenvalue weighted by Gasteiger charge is -2.32. The molecule has 27 heavy (non-hydrogen) atoms. The molecule has 144 valence electrons. The van der Waals surface area contributed by atoms with Gasteiger partial charge < -0.3 is 4.90 Å². The third-order valence-electron chi connectivity index (χ3n) is 5.10. The van der Waals surface area contributed by atoms with E-state index in [1.54, 1.807) is 17.0 Å². The molecule has 0 atom stereocenters. The summed E-state index contributed by atoms with van der Waals surface area (Å²) in [5, 5.41) is 0. The summed E-state index contributed by atoms with van der Waals surface area (Å²) in [7, 11) is -1.68. The minimum atomic E-state index is -3.49. The van der Waals surface area contributed by atoms with Crippen molar-refractivity contribution in [3.8, 4) is 0 Å². The fourth-order valence-corrected chi connectivity index (χ4v) is 4.92. The van der Waals surface area contributed by atoms with Crippen LogP contribution >= 0.6 is 0 Å². The van der Waals surface area contributed by atoms with Crippen LogP contribution in [-0.2, 0) is 21.4 Å². The fraction of sp³-hybridized carbons (Fsp3) is 0.381. The molecule has 0 saturated carbocycles. The van der Waals surface area contributed by atoms with Crippen molar-refractivity contribution in [1.82, 2.24) is 9.21 Å². The SMILES string of the molecule is Cc1ccc(S(=O)(=O)N2CCC(C(=O)N(C)Cc3ccccc3)CC2)cc1. The van der Waals surface area contributed by atoms with Gasteiger partial charge in [0.05, 0.1) is 4.90 Å². The number of carbonyl (C=O) groups excluding carboxylic acids is 1. The van der Waals surface area contributed by atoms with Crippen LogP contribution in [0.25, 0.3) is 0 Å². The van der Waals surface area contributed by atoms with Gasteiger partial charge in [-0.15, -0.1) is 0 Å². The molecule has 3 rings (SSSR count). The summed E-state index contributed by atoms with van der Waals surface area (Å²) >= 11 is 0. The quantitative estimate of drug-likeness (QED) is 0.794. The van der Waals surface area contributed by atoms with Crippen LogP contribution in [0.1, 0.15) is 24.0 Å². The van der Waals surface area contributed by atoms with Gasteiger partial charge in [0.15, 0.2) is 0 Å². The first-order chi connectivity index (χ1) is 12.9. The molecule has 1 heterocycles. The van der Waals surface area contributed by atoms with Crippen molar-refractivity contribution in [3.05, 3.63) is 65.7 Å². The van der Waals surface area contributed by atoms with Gasteiger partial charge >= 0.3 is 0 Å². The maximum absolute atomic E-state index is 12.8. The Bertz CT molecular complexity index is 871. The molecular weight excluding hydrogens is 360 g/mol. The van der Waals surface area contributed by atoms with Crippen molar-refractivity contribution in [1.29, 1.82) is 0 Å². The molecule has 0 bridgehead atoms. The molecule has 1 saturated heterocycles. The molecule has 0 spiro atoms. The number of rotatable bonds is 5. The summed E-state index contributed by atoms with van der Waals surface area (Å²) in [5.74, 6) is -0.0329. The van der Waals surface area contributed by atoms with Gasteiger partial charge in [-0.3, -0.25) is 4.79 Å². The van der Waals surface area contributed by atoms with E-state index in [0.29, 0.717) is 37.4 Å². The van der Waals surface area contributed by atoms with E-state index >= 15 is 0 Å². The normalized spacial score (nSPS) is 16.2. The van der Waals surface area contributed by atoms with Crippen LogP contribution in [0.3, 0.4) is 0 Å². The first kappa shape index (κ1) is 19.6. The molecule has 0 aromatic heterocycles. The van der Waals surface area contributed by atoms with E-state index in [1.807, 2.05) is 56.4 Å². The number of amides is 1. The second-order valence-corrected chi connectivity index (χ2v) is 9.11. The Morgan fingerprint density at radius 2 is 1.63 bits per heavy atom. The zero-order valence-corrected chi connectivity index (χ0v) is 16.7. The zero-order valence-electron chi connectivity index (χ0n) is 15.8. The Kier molecular flexibility index (Phi) is 5.97. The Morgan fingerprint density at radius 3 is 2.22 bits per heavy atom. The van der Waals surface area contributed by atoms with Crippen LogP contribution in [0.15, 0.2) is 59.5 Å². The van der Waals surface area contributed by atoms with E-state index in [0.717, 1.165) is 11.1 Å². The Labute approximate surface area is 161 Å². The van der Waals surface area contributed by atoms with Crippen LogP contribution in [0.5, 0.6) is 0 Å². The molecular formula is C21H26N2O3S. The van der Waals surface area contributed by atoms with Crippen LogP contribution in [-0.4, -0.2) is 43.7 Å². The highest BCUT2D eigenvalue weighted by Gasteiger charge is 2.33. The summed E-state index contributed by atoms with van der Waals surface area (Å²) in [4.78, 5) is 14.8. The number of piperidine rings is 1.